The van der Waals surface area contributed by atoms with Gasteiger partial charge in [0, 0.05) is 17.3 Å². The van der Waals surface area contributed by atoms with E-state index in [1.807, 2.05) is 0 Å². The van der Waals surface area contributed by atoms with Crippen molar-refractivity contribution in [3.05, 3.63) is 101 Å². The minimum absolute atomic E-state index is 0.171. The van der Waals surface area contributed by atoms with E-state index in [0.29, 0.717) is 17.0 Å². The maximum absolute atomic E-state index is 13.7. The van der Waals surface area contributed by atoms with E-state index in [1.165, 1.54) is 61.4 Å². The second kappa shape index (κ2) is 8.26. The van der Waals surface area contributed by atoms with Crippen LogP contribution in [0.1, 0.15) is 22.7 Å². The number of ether oxygens (including phenoxy) is 1. The molecule has 1 saturated heterocycles. The number of benzene rings is 3. The molecule has 1 aliphatic heterocycles. The highest BCUT2D eigenvalue weighted by Crippen LogP contribution is 2.42. The normalized spacial score (nSPS) is 17.6. The van der Waals surface area contributed by atoms with Crippen molar-refractivity contribution in [2.24, 2.45) is 0 Å². The molecule has 32 heavy (non-hydrogen) atoms. The summed E-state index contributed by atoms with van der Waals surface area (Å²) in [5.74, 6) is -2.67. The second-order valence-electron chi connectivity index (χ2n) is 7.39. The summed E-state index contributed by atoms with van der Waals surface area (Å²) < 4.78 is 32.6. The molecule has 5 nitrogen and oxygen atoms in total. The van der Waals surface area contributed by atoms with E-state index in [4.69, 9.17) is 4.74 Å². The maximum Gasteiger partial charge on any atom is 0.300 e. The van der Waals surface area contributed by atoms with Crippen LogP contribution >= 0.6 is 0 Å². The summed E-state index contributed by atoms with van der Waals surface area (Å²) in [5, 5.41) is 11.0. The fraction of sp³-hybridized carbons (Fsp3) is 0.120. The number of ketones is 1. The lowest BCUT2D eigenvalue weighted by molar-refractivity contribution is -0.132. The lowest BCUT2D eigenvalue weighted by atomic mass is 9.94. The first-order valence-electron chi connectivity index (χ1n) is 9.79. The van der Waals surface area contributed by atoms with Crippen LogP contribution in [0.5, 0.6) is 5.75 Å². The Morgan fingerprint density at radius 1 is 1.00 bits per heavy atom. The van der Waals surface area contributed by atoms with Crippen molar-refractivity contribution in [1.29, 1.82) is 0 Å². The molecule has 0 bridgehead atoms. The van der Waals surface area contributed by atoms with Gasteiger partial charge in [-0.25, -0.2) is 8.78 Å². The van der Waals surface area contributed by atoms with Gasteiger partial charge in [-0.1, -0.05) is 18.2 Å². The Morgan fingerprint density at radius 2 is 1.72 bits per heavy atom. The average Bonchev–Trinajstić information content (AvgIpc) is 3.06. The molecule has 0 aromatic heterocycles. The summed E-state index contributed by atoms with van der Waals surface area (Å²) in [6, 6.07) is 14.8. The number of carbonyl (C=O) groups is 2. The van der Waals surface area contributed by atoms with Crippen LogP contribution in [0.25, 0.3) is 5.76 Å². The Morgan fingerprint density at radius 3 is 2.38 bits per heavy atom. The van der Waals surface area contributed by atoms with Crippen molar-refractivity contribution in [3.63, 3.8) is 0 Å². The van der Waals surface area contributed by atoms with Crippen LogP contribution in [0, 0.1) is 18.6 Å². The first kappa shape index (κ1) is 21.2. The third kappa shape index (κ3) is 3.62. The van der Waals surface area contributed by atoms with Gasteiger partial charge in [-0.05, 0) is 60.5 Å². The van der Waals surface area contributed by atoms with E-state index in [-0.39, 0.29) is 16.7 Å². The third-order valence-electron chi connectivity index (χ3n) is 5.39. The van der Waals surface area contributed by atoms with Gasteiger partial charge in [-0.3, -0.25) is 14.5 Å². The van der Waals surface area contributed by atoms with E-state index in [2.05, 4.69) is 0 Å². The number of rotatable bonds is 4. The molecule has 1 aliphatic rings. The average molecular weight is 435 g/mol. The first-order chi connectivity index (χ1) is 15.3. The summed E-state index contributed by atoms with van der Waals surface area (Å²) in [6.45, 7) is 1.53. The molecule has 0 aliphatic carbocycles. The third-order valence-corrected chi connectivity index (χ3v) is 5.39. The Kier molecular flexibility index (Phi) is 5.48. The topological polar surface area (TPSA) is 66.8 Å². The molecular weight excluding hydrogens is 416 g/mol. The van der Waals surface area contributed by atoms with E-state index in [1.54, 1.807) is 24.3 Å². The number of aliphatic hydroxyl groups is 1. The number of anilines is 1. The number of nitrogens with zero attached hydrogens (tertiary/aromatic N) is 1. The quantitative estimate of drug-likeness (QED) is 0.359. The SMILES string of the molecule is COc1cccc(N2C(=O)C(=O)/C(=C(/O)c3ccc(F)c(C)c3)C2c2ccc(F)cc2)c1. The minimum atomic E-state index is -1.02. The lowest BCUT2D eigenvalue weighted by Crippen LogP contribution is -2.29. The molecule has 1 fully saturated rings. The fourth-order valence-electron chi connectivity index (χ4n) is 3.77. The van der Waals surface area contributed by atoms with Gasteiger partial charge in [0.2, 0.25) is 0 Å². The zero-order valence-electron chi connectivity index (χ0n) is 17.3. The number of Topliss-reactive ketones (excluding diaryl/α,β-unsaturated/α-hetero) is 1. The Balaban J connectivity index is 1.95. The van der Waals surface area contributed by atoms with Crippen LogP contribution in [0.15, 0.2) is 72.3 Å². The summed E-state index contributed by atoms with van der Waals surface area (Å²) in [7, 11) is 1.47. The highest BCUT2D eigenvalue weighted by molar-refractivity contribution is 6.51. The molecule has 1 amide bonds. The van der Waals surface area contributed by atoms with Crippen LogP contribution in [-0.2, 0) is 9.59 Å². The lowest BCUT2D eigenvalue weighted by Gasteiger charge is -2.25. The van der Waals surface area contributed by atoms with E-state index < -0.39 is 35.1 Å². The van der Waals surface area contributed by atoms with Crippen LogP contribution < -0.4 is 9.64 Å². The summed E-state index contributed by atoms with van der Waals surface area (Å²) in [4.78, 5) is 27.4. The zero-order chi connectivity index (χ0) is 23.0. The summed E-state index contributed by atoms with van der Waals surface area (Å²) in [5.41, 5.74) is 1.09. The fourth-order valence-corrected chi connectivity index (χ4v) is 3.77. The maximum atomic E-state index is 13.7. The molecular formula is C25H19F2NO4. The van der Waals surface area contributed by atoms with Gasteiger partial charge in [-0.2, -0.15) is 0 Å². The molecule has 4 rings (SSSR count). The van der Waals surface area contributed by atoms with Gasteiger partial charge in [0.1, 0.15) is 23.1 Å². The van der Waals surface area contributed by atoms with Crippen molar-refractivity contribution >= 4 is 23.1 Å². The van der Waals surface area contributed by atoms with Crippen molar-refractivity contribution < 1.29 is 28.2 Å². The van der Waals surface area contributed by atoms with Gasteiger partial charge in [0.15, 0.2) is 0 Å². The number of aliphatic hydroxyl groups excluding tert-OH is 1. The van der Waals surface area contributed by atoms with Crippen molar-refractivity contribution in [2.75, 3.05) is 12.0 Å². The Bertz CT molecular complexity index is 1250. The predicted molar refractivity (Wildman–Crippen MR) is 115 cm³/mol. The van der Waals surface area contributed by atoms with Crippen LogP contribution in [0.3, 0.4) is 0 Å². The monoisotopic (exact) mass is 435 g/mol. The largest absolute Gasteiger partial charge is 0.507 e. The molecule has 0 saturated carbocycles. The van der Waals surface area contributed by atoms with Crippen molar-refractivity contribution in [2.45, 2.75) is 13.0 Å². The number of amides is 1. The van der Waals surface area contributed by atoms with Crippen LogP contribution in [0.2, 0.25) is 0 Å². The van der Waals surface area contributed by atoms with E-state index in [9.17, 15) is 23.5 Å². The number of halogens is 2. The summed E-state index contributed by atoms with van der Waals surface area (Å²) in [6.07, 6.45) is 0. The standard InChI is InChI=1S/C25H19F2NO4/c1-14-12-16(8-11-20(14)27)23(29)21-22(15-6-9-17(26)10-7-15)28(25(31)24(21)30)18-4-3-5-19(13-18)32-2/h3-13,22,29H,1-2H3/b23-21+. The molecule has 1 unspecified atom stereocenters. The number of carbonyl (C=O) groups excluding carboxylic acids is 2. The molecule has 1 heterocycles. The van der Waals surface area contributed by atoms with Crippen LogP contribution in [0.4, 0.5) is 14.5 Å². The predicted octanol–water partition coefficient (Wildman–Crippen LogP) is 4.91. The molecule has 0 spiro atoms. The van der Waals surface area contributed by atoms with Gasteiger partial charge in [0.05, 0.1) is 18.7 Å². The van der Waals surface area contributed by atoms with Gasteiger partial charge < -0.3 is 9.84 Å². The number of hydrogen-bond acceptors (Lipinski definition) is 4. The van der Waals surface area contributed by atoms with E-state index >= 15 is 0 Å². The smallest absolute Gasteiger partial charge is 0.300 e. The number of aryl methyl sites for hydroxylation is 1. The molecule has 3 aromatic rings. The minimum Gasteiger partial charge on any atom is -0.507 e. The van der Waals surface area contributed by atoms with Gasteiger partial charge in [-0.15, -0.1) is 0 Å². The summed E-state index contributed by atoms with van der Waals surface area (Å²) >= 11 is 0. The Labute approximate surface area is 183 Å². The zero-order valence-corrected chi connectivity index (χ0v) is 17.3. The molecule has 162 valence electrons. The van der Waals surface area contributed by atoms with Crippen molar-refractivity contribution in [1.82, 2.24) is 0 Å². The van der Waals surface area contributed by atoms with Crippen LogP contribution in [-0.4, -0.2) is 23.9 Å². The van der Waals surface area contributed by atoms with Gasteiger partial charge in [0.25, 0.3) is 11.7 Å². The van der Waals surface area contributed by atoms with E-state index in [0.717, 1.165) is 0 Å². The second-order valence-corrected chi connectivity index (χ2v) is 7.39. The highest BCUT2D eigenvalue weighted by Gasteiger charge is 2.47. The first-order valence-corrected chi connectivity index (χ1v) is 9.79. The van der Waals surface area contributed by atoms with Gasteiger partial charge >= 0.3 is 0 Å². The molecule has 1 atom stereocenters. The molecule has 1 N–H and O–H groups in total. The number of hydrogen-bond donors (Lipinski definition) is 1. The molecule has 0 radical (unpaired) electrons. The number of methoxy groups -OCH3 is 1. The molecule has 7 heteroatoms. The molecule has 3 aromatic carbocycles. The Hall–Kier alpha value is -4.00. The van der Waals surface area contributed by atoms with Crippen molar-refractivity contribution in [3.8, 4) is 5.75 Å². The highest BCUT2D eigenvalue weighted by atomic mass is 19.1.